The number of esters is 1. The van der Waals surface area contributed by atoms with E-state index in [9.17, 15) is 18.0 Å². The summed E-state index contributed by atoms with van der Waals surface area (Å²) in [4.78, 5) is 23.6. The van der Waals surface area contributed by atoms with E-state index < -0.39 is 27.1 Å². The number of carbonyl (C=O) groups excluding carboxylic acids is 2. The van der Waals surface area contributed by atoms with Crippen molar-refractivity contribution < 1.29 is 27.5 Å². The van der Waals surface area contributed by atoms with Crippen LogP contribution in [0.4, 0.5) is 4.79 Å². The molecule has 0 fully saturated rings. The van der Waals surface area contributed by atoms with Crippen LogP contribution in [0.2, 0.25) is 0 Å². The lowest BCUT2D eigenvalue weighted by molar-refractivity contribution is 0.0521. The Hall–Kier alpha value is -2.88. The second kappa shape index (κ2) is 7.13. The van der Waals surface area contributed by atoms with Crippen LogP contribution in [0, 0.1) is 0 Å². The number of benzene rings is 1. The lowest BCUT2D eigenvalue weighted by atomic mass is 10.3. The Balaban J connectivity index is 2.23. The summed E-state index contributed by atoms with van der Waals surface area (Å²) in [5.41, 5.74) is -0.278. The predicted molar refractivity (Wildman–Crippen MR) is 82.0 cm³/mol. The third-order valence-electron chi connectivity index (χ3n) is 2.81. The van der Waals surface area contributed by atoms with Crippen LogP contribution >= 0.6 is 0 Å². The molecule has 1 N–H and O–H groups in total. The number of ether oxygens (including phenoxy) is 2. The van der Waals surface area contributed by atoms with Crippen LogP contribution in [0.3, 0.4) is 0 Å². The molecule has 0 bridgehead atoms. The molecule has 0 aliphatic heterocycles. The van der Waals surface area contributed by atoms with Crippen LogP contribution in [0.1, 0.15) is 17.3 Å². The number of nitrogens with one attached hydrogen (secondary N) is 1. The van der Waals surface area contributed by atoms with Crippen molar-refractivity contribution >= 4 is 22.1 Å². The normalized spacial score (nSPS) is 10.9. The number of rotatable bonds is 5. The van der Waals surface area contributed by atoms with Crippen molar-refractivity contribution in [3.8, 4) is 5.75 Å². The van der Waals surface area contributed by atoms with Gasteiger partial charge in [0.2, 0.25) is 0 Å². The van der Waals surface area contributed by atoms with E-state index in [1.807, 2.05) is 0 Å². The highest BCUT2D eigenvalue weighted by molar-refractivity contribution is 7.90. The first-order chi connectivity index (χ1) is 11.3. The maximum absolute atomic E-state index is 12.4. The summed E-state index contributed by atoms with van der Waals surface area (Å²) in [6.45, 7) is 1.65. The maximum Gasteiger partial charge on any atom is 0.426 e. The minimum absolute atomic E-state index is 0.0662. The van der Waals surface area contributed by atoms with Crippen molar-refractivity contribution in [3.05, 3.63) is 42.1 Å². The Morgan fingerprint density at radius 3 is 2.54 bits per heavy atom. The Kier molecular flexibility index (Phi) is 5.19. The minimum Gasteiger partial charge on any atom is -0.462 e. The van der Waals surface area contributed by atoms with Gasteiger partial charge in [-0.15, -0.1) is 0 Å². The zero-order chi connectivity index (χ0) is 17.7. The van der Waals surface area contributed by atoms with Gasteiger partial charge in [0, 0.05) is 7.05 Å². The first kappa shape index (κ1) is 17.5. The van der Waals surface area contributed by atoms with Gasteiger partial charge < -0.3 is 9.47 Å². The van der Waals surface area contributed by atoms with Gasteiger partial charge in [-0.05, 0) is 19.1 Å². The molecular weight excluding hydrogens is 338 g/mol. The summed E-state index contributed by atoms with van der Waals surface area (Å²) in [6, 6.07) is 7.93. The number of hydrogen-bond donors (Lipinski definition) is 1. The summed E-state index contributed by atoms with van der Waals surface area (Å²) >= 11 is 0. The van der Waals surface area contributed by atoms with Gasteiger partial charge in [-0.1, -0.05) is 18.2 Å². The quantitative estimate of drug-likeness (QED) is 0.799. The molecule has 128 valence electrons. The monoisotopic (exact) mass is 353 g/mol. The molecule has 0 saturated carbocycles. The van der Waals surface area contributed by atoms with E-state index in [1.54, 1.807) is 29.8 Å². The number of carbonyl (C=O) groups is 2. The fraction of sp³-hybridized carbons (Fsp3) is 0.214. The summed E-state index contributed by atoms with van der Waals surface area (Å²) in [5.74, 6) is -0.691. The van der Waals surface area contributed by atoms with E-state index in [2.05, 4.69) is 5.10 Å². The highest BCUT2D eigenvalue weighted by Crippen LogP contribution is 2.16. The topological polar surface area (TPSA) is 117 Å². The van der Waals surface area contributed by atoms with Crippen molar-refractivity contribution in [3.63, 3.8) is 0 Å². The molecule has 0 saturated heterocycles. The van der Waals surface area contributed by atoms with E-state index in [0.717, 1.165) is 10.9 Å². The first-order valence-corrected chi connectivity index (χ1v) is 8.32. The molecule has 9 nitrogen and oxygen atoms in total. The second-order valence-corrected chi connectivity index (χ2v) is 6.11. The molecule has 1 aromatic heterocycles. The largest absolute Gasteiger partial charge is 0.462 e. The van der Waals surface area contributed by atoms with E-state index in [-0.39, 0.29) is 17.9 Å². The molecule has 0 spiro atoms. The lowest BCUT2D eigenvalue weighted by Crippen LogP contribution is -2.35. The average molecular weight is 353 g/mol. The number of nitrogens with zero attached hydrogens (tertiary/aromatic N) is 2. The summed E-state index contributed by atoms with van der Waals surface area (Å²) < 4.78 is 37.0. The molecule has 0 aliphatic carbocycles. The molecule has 10 heteroatoms. The minimum atomic E-state index is -4.39. The van der Waals surface area contributed by atoms with Gasteiger partial charge in [-0.3, -0.25) is 4.68 Å². The van der Waals surface area contributed by atoms with Crippen molar-refractivity contribution in [2.45, 2.75) is 11.9 Å². The van der Waals surface area contributed by atoms with E-state index in [0.29, 0.717) is 0 Å². The number of sulfonamides is 1. The SMILES string of the molecule is CCOC(=O)c1cnn(C)c1S(=O)(=O)NC(=O)Oc1ccccc1. The second-order valence-electron chi connectivity index (χ2n) is 4.52. The van der Waals surface area contributed by atoms with E-state index >= 15 is 0 Å². The smallest absolute Gasteiger partial charge is 0.426 e. The molecule has 1 heterocycles. The van der Waals surface area contributed by atoms with Crippen LogP contribution in [-0.2, 0) is 21.8 Å². The van der Waals surface area contributed by atoms with Gasteiger partial charge in [0.1, 0.15) is 11.3 Å². The Morgan fingerprint density at radius 1 is 1.25 bits per heavy atom. The lowest BCUT2D eigenvalue weighted by Gasteiger charge is -2.09. The van der Waals surface area contributed by atoms with Gasteiger partial charge >= 0.3 is 12.1 Å². The number of para-hydroxylation sites is 1. The molecule has 1 amide bonds. The van der Waals surface area contributed by atoms with Gasteiger partial charge in [-0.25, -0.2) is 14.3 Å². The Morgan fingerprint density at radius 2 is 1.92 bits per heavy atom. The van der Waals surface area contributed by atoms with Gasteiger partial charge in [0.05, 0.1) is 12.8 Å². The van der Waals surface area contributed by atoms with Gasteiger partial charge in [0.15, 0.2) is 5.03 Å². The van der Waals surface area contributed by atoms with Crippen molar-refractivity contribution in [1.82, 2.24) is 14.5 Å². The molecule has 0 radical (unpaired) electrons. The van der Waals surface area contributed by atoms with Crippen LogP contribution in [-0.4, -0.2) is 36.9 Å². The number of hydrogen-bond acceptors (Lipinski definition) is 7. The summed E-state index contributed by atoms with van der Waals surface area (Å²) in [6.07, 6.45) is -0.160. The zero-order valence-corrected chi connectivity index (χ0v) is 13.7. The van der Waals surface area contributed by atoms with Crippen molar-refractivity contribution in [2.75, 3.05) is 6.61 Å². The number of amides is 1. The summed E-state index contributed by atoms with van der Waals surface area (Å²) in [5, 5.41) is 3.23. The average Bonchev–Trinajstić information content (AvgIpc) is 2.90. The van der Waals surface area contributed by atoms with Crippen LogP contribution < -0.4 is 9.46 Å². The molecule has 2 rings (SSSR count). The molecule has 0 aliphatic rings. The highest BCUT2D eigenvalue weighted by atomic mass is 32.2. The van der Waals surface area contributed by atoms with Crippen LogP contribution in [0.15, 0.2) is 41.6 Å². The fourth-order valence-corrected chi connectivity index (χ4v) is 3.05. The molecule has 1 aromatic carbocycles. The van der Waals surface area contributed by atoms with E-state index in [1.165, 1.54) is 19.2 Å². The Bertz CT molecular complexity index is 845. The molecule has 0 unspecified atom stereocenters. The molecule has 2 aromatic rings. The Labute approximate surface area is 138 Å². The zero-order valence-electron chi connectivity index (χ0n) is 12.9. The molecule has 0 atom stereocenters. The van der Waals surface area contributed by atoms with Crippen LogP contribution in [0.5, 0.6) is 5.75 Å². The van der Waals surface area contributed by atoms with Crippen LogP contribution in [0.25, 0.3) is 0 Å². The highest BCUT2D eigenvalue weighted by Gasteiger charge is 2.30. The molecule has 24 heavy (non-hydrogen) atoms. The van der Waals surface area contributed by atoms with E-state index in [4.69, 9.17) is 9.47 Å². The van der Waals surface area contributed by atoms with Gasteiger partial charge in [0.25, 0.3) is 10.0 Å². The molecular formula is C14H15N3O6S. The van der Waals surface area contributed by atoms with Crippen molar-refractivity contribution in [1.29, 1.82) is 0 Å². The number of aromatic nitrogens is 2. The standard InChI is InChI=1S/C14H15N3O6S/c1-3-22-13(18)11-9-15-17(2)12(11)24(20,21)16-14(19)23-10-7-5-4-6-8-10/h4-9H,3H2,1-2H3,(H,16,19). The first-order valence-electron chi connectivity index (χ1n) is 6.84. The summed E-state index contributed by atoms with van der Waals surface area (Å²) in [7, 11) is -3.07. The fourth-order valence-electron chi connectivity index (χ4n) is 1.87. The third-order valence-corrected chi connectivity index (χ3v) is 4.23. The maximum atomic E-state index is 12.4. The van der Waals surface area contributed by atoms with Gasteiger partial charge in [-0.2, -0.15) is 13.5 Å². The predicted octanol–water partition coefficient (Wildman–Crippen LogP) is 1.07. The van der Waals surface area contributed by atoms with Crippen molar-refractivity contribution in [2.24, 2.45) is 7.05 Å². The number of aryl methyl sites for hydroxylation is 1. The third kappa shape index (κ3) is 3.90.